The third-order valence-corrected chi connectivity index (χ3v) is 4.66. The van der Waals surface area contributed by atoms with Crippen LogP contribution in [0, 0.1) is 0 Å². The van der Waals surface area contributed by atoms with Gasteiger partial charge in [-0.1, -0.05) is 45.0 Å². The summed E-state index contributed by atoms with van der Waals surface area (Å²) in [5.41, 5.74) is 3.39. The van der Waals surface area contributed by atoms with Crippen LogP contribution in [0.2, 0.25) is 0 Å². The Hall–Kier alpha value is -3.08. The van der Waals surface area contributed by atoms with Crippen LogP contribution in [0.3, 0.4) is 0 Å². The second-order valence-electron chi connectivity index (χ2n) is 7.91. The third-order valence-electron chi connectivity index (χ3n) is 4.66. The molecule has 1 amide bonds. The lowest BCUT2D eigenvalue weighted by molar-refractivity contribution is -0.123. The molecule has 0 saturated heterocycles. The highest BCUT2D eigenvalue weighted by Gasteiger charge is 2.14. The van der Waals surface area contributed by atoms with Crippen molar-refractivity contribution in [2.24, 2.45) is 0 Å². The molecule has 1 N–H and O–H groups in total. The number of amides is 1. The van der Waals surface area contributed by atoms with E-state index in [0.29, 0.717) is 5.75 Å². The quantitative estimate of drug-likeness (QED) is 0.691. The second kappa shape index (κ2) is 8.30. The SMILES string of the molecule is CC(NC(=O)COc1ccc(C(C)(C)C)cc1)c1ccc(-n2ccnc2)cc1. The molecule has 5 heteroatoms. The average molecular weight is 377 g/mol. The zero-order chi connectivity index (χ0) is 20.1. The highest BCUT2D eigenvalue weighted by atomic mass is 16.5. The number of benzene rings is 2. The molecule has 0 aliphatic heterocycles. The van der Waals surface area contributed by atoms with Crippen LogP contribution in [-0.4, -0.2) is 22.1 Å². The molecular formula is C23H27N3O2. The molecule has 0 aliphatic carbocycles. The lowest BCUT2D eigenvalue weighted by Gasteiger charge is -2.19. The maximum absolute atomic E-state index is 12.2. The van der Waals surface area contributed by atoms with Crippen LogP contribution in [0.4, 0.5) is 0 Å². The van der Waals surface area contributed by atoms with Crippen LogP contribution in [0.1, 0.15) is 44.9 Å². The summed E-state index contributed by atoms with van der Waals surface area (Å²) >= 11 is 0. The number of hydrogen-bond donors (Lipinski definition) is 1. The molecule has 28 heavy (non-hydrogen) atoms. The smallest absolute Gasteiger partial charge is 0.258 e. The minimum Gasteiger partial charge on any atom is -0.484 e. The van der Waals surface area contributed by atoms with Crippen molar-refractivity contribution in [2.45, 2.75) is 39.2 Å². The molecule has 0 spiro atoms. The van der Waals surface area contributed by atoms with Crippen molar-refractivity contribution in [1.82, 2.24) is 14.9 Å². The molecule has 146 valence electrons. The highest BCUT2D eigenvalue weighted by molar-refractivity contribution is 5.78. The van der Waals surface area contributed by atoms with Gasteiger partial charge in [0.05, 0.1) is 12.4 Å². The number of nitrogens with zero attached hydrogens (tertiary/aromatic N) is 2. The summed E-state index contributed by atoms with van der Waals surface area (Å²) in [4.78, 5) is 16.3. The standard InChI is InChI=1S/C23H27N3O2/c1-17(18-5-9-20(10-6-18)26-14-13-24-16-26)25-22(27)15-28-21-11-7-19(8-12-21)23(2,3)4/h5-14,16-17H,15H2,1-4H3,(H,25,27). The van der Waals surface area contributed by atoms with Gasteiger partial charge in [-0.25, -0.2) is 4.98 Å². The monoisotopic (exact) mass is 377 g/mol. The number of hydrogen-bond acceptors (Lipinski definition) is 3. The Balaban J connectivity index is 1.51. The number of rotatable bonds is 6. The van der Waals surface area contributed by atoms with Crippen LogP contribution < -0.4 is 10.1 Å². The molecule has 2 aromatic carbocycles. The largest absolute Gasteiger partial charge is 0.484 e. The van der Waals surface area contributed by atoms with Gasteiger partial charge >= 0.3 is 0 Å². The Morgan fingerprint density at radius 1 is 1.11 bits per heavy atom. The van der Waals surface area contributed by atoms with Gasteiger partial charge in [-0.15, -0.1) is 0 Å². The van der Waals surface area contributed by atoms with Crippen molar-refractivity contribution in [3.8, 4) is 11.4 Å². The van der Waals surface area contributed by atoms with E-state index in [2.05, 4.69) is 31.1 Å². The van der Waals surface area contributed by atoms with Gasteiger partial charge < -0.3 is 14.6 Å². The fraction of sp³-hybridized carbons (Fsp3) is 0.304. The molecule has 5 nitrogen and oxygen atoms in total. The van der Waals surface area contributed by atoms with Gasteiger partial charge in [-0.05, 0) is 47.7 Å². The second-order valence-corrected chi connectivity index (χ2v) is 7.91. The Bertz CT molecular complexity index is 893. The minimum absolute atomic E-state index is 0.00761. The molecule has 1 heterocycles. The lowest BCUT2D eigenvalue weighted by Crippen LogP contribution is -2.31. The first-order valence-corrected chi connectivity index (χ1v) is 9.44. The van der Waals surface area contributed by atoms with E-state index < -0.39 is 0 Å². The predicted octanol–water partition coefficient (Wildman–Crippen LogP) is 4.43. The molecule has 0 fully saturated rings. The van der Waals surface area contributed by atoms with Crippen LogP contribution >= 0.6 is 0 Å². The maximum atomic E-state index is 12.2. The van der Waals surface area contributed by atoms with Crippen molar-refractivity contribution >= 4 is 5.91 Å². The molecule has 0 radical (unpaired) electrons. The fourth-order valence-electron chi connectivity index (χ4n) is 2.91. The highest BCUT2D eigenvalue weighted by Crippen LogP contribution is 2.24. The lowest BCUT2D eigenvalue weighted by atomic mass is 9.87. The third kappa shape index (κ3) is 5.00. The average Bonchev–Trinajstić information content (AvgIpc) is 3.21. The van der Waals surface area contributed by atoms with Gasteiger partial charge in [-0.2, -0.15) is 0 Å². The van der Waals surface area contributed by atoms with Crippen molar-refractivity contribution in [2.75, 3.05) is 6.61 Å². The molecule has 1 unspecified atom stereocenters. The number of imidazole rings is 1. The fourth-order valence-corrected chi connectivity index (χ4v) is 2.91. The van der Waals surface area contributed by atoms with E-state index in [1.165, 1.54) is 5.56 Å². The number of carbonyl (C=O) groups is 1. The van der Waals surface area contributed by atoms with E-state index in [4.69, 9.17) is 4.74 Å². The topological polar surface area (TPSA) is 56.1 Å². The van der Waals surface area contributed by atoms with Gasteiger partial charge in [0.1, 0.15) is 5.75 Å². The maximum Gasteiger partial charge on any atom is 0.258 e. The number of aromatic nitrogens is 2. The van der Waals surface area contributed by atoms with Crippen LogP contribution in [0.5, 0.6) is 5.75 Å². The van der Waals surface area contributed by atoms with E-state index >= 15 is 0 Å². The first-order chi connectivity index (χ1) is 13.3. The Labute approximate surface area is 166 Å². The Kier molecular flexibility index (Phi) is 5.83. The molecule has 1 atom stereocenters. The summed E-state index contributed by atoms with van der Waals surface area (Å²) in [6, 6.07) is 15.8. The first kappa shape index (κ1) is 19.7. The summed E-state index contributed by atoms with van der Waals surface area (Å²) in [5.74, 6) is 0.548. The van der Waals surface area contributed by atoms with Crippen molar-refractivity contribution in [3.05, 3.63) is 78.4 Å². The van der Waals surface area contributed by atoms with Crippen LogP contribution in [0.25, 0.3) is 5.69 Å². The summed E-state index contributed by atoms with van der Waals surface area (Å²) in [5, 5.41) is 2.97. The number of carbonyl (C=O) groups excluding carboxylic acids is 1. The normalized spacial score (nSPS) is 12.4. The Morgan fingerprint density at radius 3 is 2.36 bits per heavy atom. The molecule has 0 saturated carbocycles. The van der Waals surface area contributed by atoms with E-state index in [1.807, 2.05) is 66.2 Å². The summed E-state index contributed by atoms with van der Waals surface area (Å²) in [7, 11) is 0. The number of ether oxygens (including phenoxy) is 1. The van der Waals surface area contributed by atoms with Crippen molar-refractivity contribution in [1.29, 1.82) is 0 Å². The number of nitrogens with one attached hydrogen (secondary N) is 1. The van der Waals surface area contributed by atoms with Gasteiger partial charge in [0.2, 0.25) is 0 Å². The van der Waals surface area contributed by atoms with E-state index in [-0.39, 0.29) is 24.0 Å². The van der Waals surface area contributed by atoms with Crippen LogP contribution in [0.15, 0.2) is 67.3 Å². The Morgan fingerprint density at radius 2 is 1.79 bits per heavy atom. The van der Waals surface area contributed by atoms with E-state index in [9.17, 15) is 4.79 Å². The van der Waals surface area contributed by atoms with Crippen molar-refractivity contribution in [3.63, 3.8) is 0 Å². The predicted molar refractivity (Wildman–Crippen MR) is 111 cm³/mol. The zero-order valence-corrected chi connectivity index (χ0v) is 16.8. The van der Waals surface area contributed by atoms with E-state index in [0.717, 1.165) is 11.3 Å². The van der Waals surface area contributed by atoms with Crippen molar-refractivity contribution < 1.29 is 9.53 Å². The first-order valence-electron chi connectivity index (χ1n) is 9.44. The summed E-state index contributed by atoms with van der Waals surface area (Å²) in [6.45, 7) is 8.45. The molecule has 0 bridgehead atoms. The van der Waals surface area contributed by atoms with Gasteiger partial charge in [0, 0.05) is 18.1 Å². The molecule has 0 aliphatic rings. The molecular weight excluding hydrogens is 350 g/mol. The van der Waals surface area contributed by atoms with Gasteiger partial charge in [0.25, 0.3) is 5.91 Å². The van der Waals surface area contributed by atoms with E-state index in [1.54, 1.807) is 12.5 Å². The van der Waals surface area contributed by atoms with Gasteiger partial charge in [0.15, 0.2) is 6.61 Å². The minimum atomic E-state index is -0.147. The van der Waals surface area contributed by atoms with Gasteiger partial charge in [-0.3, -0.25) is 4.79 Å². The van der Waals surface area contributed by atoms with Crippen LogP contribution in [-0.2, 0) is 10.2 Å². The summed E-state index contributed by atoms with van der Waals surface area (Å²) in [6.07, 6.45) is 5.39. The zero-order valence-electron chi connectivity index (χ0n) is 16.8. The molecule has 1 aromatic heterocycles. The molecule has 3 aromatic rings. The molecule has 3 rings (SSSR count). The summed E-state index contributed by atoms with van der Waals surface area (Å²) < 4.78 is 7.55.